The Balaban J connectivity index is 1.24. The van der Waals surface area contributed by atoms with Crippen LogP contribution in [0.2, 0.25) is 0 Å². The third-order valence-corrected chi connectivity index (χ3v) is 18.2. The topological polar surface area (TPSA) is 220 Å². The van der Waals surface area contributed by atoms with Gasteiger partial charge in [-0.3, -0.25) is 19.2 Å². The van der Waals surface area contributed by atoms with Crippen LogP contribution in [0.1, 0.15) is 121 Å². The molecule has 2 unspecified atom stereocenters. The molecule has 6 rings (SSSR count). The summed E-state index contributed by atoms with van der Waals surface area (Å²) in [5.74, 6) is -7.51. The van der Waals surface area contributed by atoms with E-state index < -0.39 is 118 Å². The molecule has 0 radical (unpaired) electrons. The Bertz CT molecular complexity index is 2050. The number of nitrogens with zero attached hydrogens (tertiary/aromatic N) is 2. The molecule has 2 saturated heterocycles. The zero-order chi connectivity index (χ0) is 52.2. The lowest BCUT2D eigenvalue weighted by Crippen LogP contribution is -2.66. The molecular weight excluding hydrogens is 908 g/mol. The Hall–Kier alpha value is -3.16. The van der Waals surface area contributed by atoms with Gasteiger partial charge in [0.05, 0.1) is 41.6 Å². The van der Waals surface area contributed by atoms with Crippen molar-refractivity contribution in [3.05, 3.63) is 23.8 Å². The molecule has 3 saturated carbocycles. The first-order valence-electron chi connectivity index (χ1n) is 25.6. The van der Waals surface area contributed by atoms with Gasteiger partial charge in [0.15, 0.2) is 30.1 Å². The minimum Gasteiger partial charge on any atom is -0.462 e. The Kier molecular flexibility index (Phi) is 16.8. The second kappa shape index (κ2) is 21.0. The van der Waals surface area contributed by atoms with E-state index in [1.54, 1.807) is 40.7 Å². The average molecular weight is 991 g/mol. The number of ether oxygens (including phenoxy) is 5. The number of hydrogen-bond acceptors (Lipinski definition) is 16. The second-order valence-electron chi connectivity index (χ2n) is 23.0. The van der Waals surface area contributed by atoms with Gasteiger partial charge in [0.25, 0.3) is 0 Å². The molecule has 21 atom stereocenters. The third-order valence-electron chi connectivity index (χ3n) is 18.2. The van der Waals surface area contributed by atoms with Crippen LogP contribution >= 0.6 is 0 Å². The highest BCUT2D eigenvalue weighted by Gasteiger charge is 2.72. The Labute approximate surface area is 414 Å². The molecule has 6 aliphatic rings. The molecule has 0 amide bonds. The predicted octanol–water partition coefficient (Wildman–Crippen LogP) is 5.30. The summed E-state index contributed by atoms with van der Waals surface area (Å²) >= 11 is 0. The number of cyclic esters (lactones) is 1. The van der Waals surface area contributed by atoms with Crippen LogP contribution in [0.5, 0.6) is 0 Å². The lowest BCUT2D eigenvalue weighted by molar-refractivity contribution is -0.295. The third kappa shape index (κ3) is 9.84. The van der Waals surface area contributed by atoms with Crippen molar-refractivity contribution in [1.29, 1.82) is 0 Å². The number of aliphatic hydroxyl groups excluding tert-OH is 3. The highest BCUT2D eigenvalue weighted by molar-refractivity contribution is 6.01. The number of likely N-dealkylation sites (N-methyl/N-ethyl adjacent to an activating group) is 1. The van der Waals surface area contributed by atoms with Gasteiger partial charge >= 0.3 is 11.9 Å². The average Bonchev–Trinajstić information content (AvgIpc) is 3.56. The number of carbonyl (C=O) groups is 4. The van der Waals surface area contributed by atoms with Gasteiger partial charge < -0.3 is 53.8 Å². The van der Waals surface area contributed by atoms with Crippen LogP contribution in [0.25, 0.3) is 0 Å². The quantitative estimate of drug-likeness (QED) is 0.0945. The van der Waals surface area contributed by atoms with Gasteiger partial charge in [-0.15, -0.1) is 0 Å². The van der Waals surface area contributed by atoms with Crippen molar-refractivity contribution >= 4 is 29.2 Å². The van der Waals surface area contributed by atoms with E-state index in [-0.39, 0.29) is 68.0 Å². The van der Waals surface area contributed by atoms with Crippen molar-refractivity contribution in [3.8, 4) is 0 Å². The van der Waals surface area contributed by atoms with Gasteiger partial charge in [0, 0.05) is 42.2 Å². The number of oxime groups is 1. The predicted molar refractivity (Wildman–Crippen MR) is 257 cm³/mol. The largest absolute Gasteiger partial charge is 0.462 e. The normalized spacial score (nSPS) is 47.7. The Morgan fingerprint density at radius 3 is 2.26 bits per heavy atom. The van der Waals surface area contributed by atoms with Gasteiger partial charge in [0.1, 0.15) is 30.3 Å². The SMILES string of the molecule is CC[C@H]1OC(=O)[C@H](C)C(=O)[C@H](C)[C@@H](O[C@@H]2O[C@H](C)C[C@H](N(C)C)[C@H]2O)[C@](C)(OC)C[C@@H](C)/C(=N/OCCOC(=O)[C@H]2[C@H](C)CC3C4CCC5=CC(=O)C=C[C@]5(C)[C@@]4(F)[C@@H](O)C[C@@]32C)[C@H](C)[C@@H](O)[C@]1(C)O. The van der Waals surface area contributed by atoms with Crippen molar-refractivity contribution in [2.45, 2.75) is 187 Å². The maximum Gasteiger partial charge on any atom is 0.316 e. The number of aliphatic hydroxyl groups is 4. The summed E-state index contributed by atoms with van der Waals surface area (Å²) in [5, 5.41) is 51.8. The zero-order valence-corrected chi connectivity index (χ0v) is 44.0. The molecule has 0 aromatic rings. The van der Waals surface area contributed by atoms with Crippen LogP contribution in [0.3, 0.4) is 0 Å². The lowest BCUT2D eigenvalue weighted by atomic mass is 9.45. The molecule has 70 heavy (non-hydrogen) atoms. The monoisotopic (exact) mass is 991 g/mol. The lowest BCUT2D eigenvalue weighted by Gasteiger charge is -2.61. The first-order valence-corrected chi connectivity index (χ1v) is 25.6. The number of allylic oxidation sites excluding steroid dienone is 4. The summed E-state index contributed by atoms with van der Waals surface area (Å²) in [6.07, 6.45) is -1.04. The van der Waals surface area contributed by atoms with Crippen molar-refractivity contribution in [1.82, 2.24) is 4.90 Å². The number of esters is 2. The molecule has 396 valence electrons. The van der Waals surface area contributed by atoms with E-state index in [2.05, 4.69) is 5.16 Å². The maximum absolute atomic E-state index is 17.7. The minimum absolute atomic E-state index is 0.0474. The number of fused-ring (bicyclic) bond motifs is 5. The number of rotatable bonds is 10. The first-order chi connectivity index (χ1) is 32.5. The molecule has 0 spiro atoms. The van der Waals surface area contributed by atoms with Crippen LogP contribution in [-0.4, -0.2) is 155 Å². The summed E-state index contributed by atoms with van der Waals surface area (Å²) in [4.78, 5) is 62.3. The smallest absolute Gasteiger partial charge is 0.316 e. The van der Waals surface area contributed by atoms with E-state index in [0.717, 1.165) is 0 Å². The summed E-state index contributed by atoms with van der Waals surface area (Å²) in [7, 11) is 5.17. The van der Waals surface area contributed by atoms with Gasteiger partial charge in [0.2, 0.25) is 0 Å². The van der Waals surface area contributed by atoms with E-state index in [9.17, 15) is 39.6 Å². The fraction of sp³-hybridized carbons (Fsp3) is 0.830. The van der Waals surface area contributed by atoms with Crippen molar-refractivity contribution in [2.24, 2.45) is 63.3 Å². The van der Waals surface area contributed by atoms with E-state index in [4.69, 9.17) is 28.5 Å². The number of Topliss-reactive ketones (excluding diaryl/α,β-unsaturated/α-hetero) is 1. The molecule has 2 heterocycles. The van der Waals surface area contributed by atoms with E-state index in [1.165, 1.54) is 33.1 Å². The summed E-state index contributed by atoms with van der Waals surface area (Å²) in [6.45, 7) is 18.5. The van der Waals surface area contributed by atoms with Gasteiger partial charge in [-0.05, 0) is 123 Å². The first kappa shape index (κ1) is 56.1. The van der Waals surface area contributed by atoms with Crippen molar-refractivity contribution in [3.63, 3.8) is 0 Å². The van der Waals surface area contributed by atoms with Crippen LogP contribution in [0, 0.1) is 58.2 Å². The number of halogens is 1. The van der Waals surface area contributed by atoms with E-state index in [1.807, 2.05) is 46.7 Å². The summed E-state index contributed by atoms with van der Waals surface area (Å²) in [6, 6.07) is -0.329. The van der Waals surface area contributed by atoms with Crippen LogP contribution in [0.4, 0.5) is 4.39 Å². The van der Waals surface area contributed by atoms with Crippen LogP contribution < -0.4 is 0 Å². The number of carbonyl (C=O) groups excluding carboxylic acids is 4. The molecule has 4 N–H and O–H groups in total. The number of methoxy groups -OCH3 is 1. The molecule has 0 bridgehead atoms. The Morgan fingerprint density at radius 1 is 0.957 bits per heavy atom. The molecule has 4 aliphatic carbocycles. The Morgan fingerprint density at radius 2 is 1.63 bits per heavy atom. The molecule has 17 heteroatoms. The number of alkyl halides is 1. The van der Waals surface area contributed by atoms with Crippen molar-refractivity contribution in [2.75, 3.05) is 34.4 Å². The van der Waals surface area contributed by atoms with Crippen LogP contribution in [0.15, 0.2) is 29.0 Å². The molecule has 2 aliphatic heterocycles. The summed E-state index contributed by atoms with van der Waals surface area (Å²) < 4.78 is 48.5. The van der Waals surface area contributed by atoms with Crippen molar-refractivity contribution < 1.29 is 72.5 Å². The van der Waals surface area contributed by atoms with Gasteiger partial charge in [-0.2, -0.15) is 0 Å². The fourth-order valence-electron chi connectivity index (χ4n) is 14.1. The number of hydrogen-bond donors (Lipinski definition) is 4. The highest BCUT2D eigenvalue weighted by Crippen LogP contribution is 2.70. The molecule has 5 fully saturated rings. The van der Waals surface area contributed by atoms with E-state index in [0.29, 0.717) is 31.3 Å². The molecular formula is C53H83FN2O14. The van der Waals surface area contributed by atoms with Gasteiger partial charge in [-0.1, -0.05) is 58.3 Å². The molecule has 0 aromatic carbocycles. The molecule has 0 aromatic heterocycles. The highest BCUT2D eigenvalue weighted by atomic mass is 19.1. The standard InChI is InChI=1S/C53H83FN2O14/c1-15-39-52(11,64)44(61)30(5)41(28(3)25-51(10,65-14)45(31(6)42(59)32(7)46(62)69-39)70-48-43(60)37(56(12)13)23-29(4)68-48)55-67-21-20-66-47(63)40-27(2)22-36-35-17-16-33-24-34(57)18-19-50(33,9)53(35,54)38(58)26-49(36,40)8/h18-19,24,27-32,35-40,43-45,48,58,60-61,64H,15-17,20-23,25-26H2,1-14H3/b55-41-/t27-,28-,29-,30+,31+,32-,35?,36?,37+,38+,39-,40-,43-,44-,45-,48+,49+,50+,51-,52-,53+/m1/s1. The van der Waals surface area contributed by atoms with Crippen LogP contribution in [-0.2, 0) is 47.7 Å². The maximum atomic E-state index is 17.7. The molecule has 16 nitrogen and oxygen atoms in total. The van der Waals surface area contributed by atoms with E-state index >= 15 is 4.39 Å². The fourth-order valence-corrected chi connectivity index (χ4v) is 14.1. The minimum atomic E-state index is -2.02. The zero-order valence-electron chi connectivity index (χ0n) is 44.0. The van der Waals surface area contributed by atoms with Gasteiger partial charge in [-0.25, -0.2) is 4.39 Å². The number of ketones is 2. The second-order valence-corrected chi connectivity index (χ2v) is 23.0. The summed E-state index contributed by atoms with van der Waals surface area (Å²) in [5.41, 5.74) is -6.31.